The molecule has 0 spiro atoms. The molecule has 0 atom stereocenters. The van der Waals surface area contributed by atoms with Crippen molar-refractivity contribution in [1.82, 2.24) is 0 Å². The van der Waals surface area contributed by atoms with Gasteiger partial charge in [-0.3, -0.25) is 10.7 Å². The molecule has 1 aromatic rings. The maximum absolute atomic E-state index is 11.9. The van der Waals surface area contributed by atoms with Gasteiger partial charge < -0.3 is 4.74 Å². The summed E-state index contributed by atoms with van der Waals surface area (Å²) >= 11 is 1.17. The third kappa shape index (κ3) is 5.48. The highest BCUT2D eigenvalue weighted by molar-refractivity contribution is 8.14. The average molecular weight is 305 g/mol. The number of carbonyl (C=O) groups excluding carboxylic acids is 1. The number of nitriles is 1. The SMILES string of the molecule is CCC(=N)Sc1c(C#N)cccc1NC(=O)OC(C)(C)C. The second-order valence-electron chi connectivity index (χ2n) is 5.30. The molecule has 0 bridgehead atoms. The van der Waals surface area contributed by atoms with Gasteiger partial charge in [-0.05, 0) is 39.3 Å². The van der Waals surface area contributed by atoms with Crippen LogP contribution in [-0.2, 0) is 4.74 Å². The summed E-state index contributed by atoms with van der Waals surface area (Å²) in [6.07, 6.45) is -0.0153. The topological polar surface area (TPSA) is 86.0 Å². The van der Waals surface area contributed by atoms with Crippen molar-refractivity contribution in [2.24, 2.45) is 0 Å². The van der Waals surface area contributed by atoms with Crippen molar-refractivity contribution in [3.63, 3.8) is 0 Å². The maximum atomic E-state index is 11.9. The molecular weight excluding hydrogens is 286 g/mol. The van der Waals surface area contributed by atoms with E-state index in [0.29, 0.717) is 27.6 Å². The Balaban J connectivity index is 3.04. The van der Waals surface area contributed by atoms with Crippen LogP contribution in [-0.4, -0.2) is 16.7 Å². The zero-order chi connectivity index (χ0) is 16.0. The molecule has 0 aliphatic carbocycles. The Labute approximate surface area is 129 Å². The van der Waals surface area contributed by atoms with E-state index >= 15 is 0 Å². The van der Waals surface area contributed by atoms with Crippen molar-refractivity contribution in [3.8, 4) is 6.07 Å². The van der Waals surface area contributed by atoms with Gasteiger partial charge in [-0.2, -0.15) is 5.26 Å². The molecule has 6 heteroatoms. The van der Waals surface area contributed by atoms with Gasteiger partial charge in [-0.25, -0.2) is 4.79 Å². The minimum atomic E-state index is -0.597. The molecule has 0 aliphatic heterocycles. The van der Waals surface area contributed by atoms with Crippen LogP contribution >= 0.6 is 11.8 Å². The fraction of sp³-hybridized carbons (Fsp3) is 0.400. The van der Waals surface area contributed by atoms with E-state index in [1.807, 2.05) is 6.92 Å². The number of benzene rings is 1. The van der Waals surface area contributed by atoms with Gasteiger partial charge in [0.15, 0.2) is 0 Å². The Kier molecular flexibility index (Phi) is 5.79. The van der Waals surface area contributed by atoms with Gasteiger partial charge in [0.2, 0.25) is 0 Å². The van der Waals surface area contributed by atoms with Gasteiger partial charge in [0.05, 0.1) is 21.2 Å². The lowest BCUT2D eigenvalue weighted by molar-refractivity contribution is 0.0635. The molecule has 21 heavy (non-hydrogen) atoms. The standard InChI is InChI=1S/C15H19N3O2S/c1-5-12(17)21-13-10(9-16)7-6-8-11(13)18-14(19)20-15(2,3)4/h6-8,17H,5H2,1-4H3,(H,18,19). The van der Waals surface area contributed by atoms with Crippen LogP contribution in [0.4, 0.5) is 10.5 Å². The molecule has 1 amide bonds. The first-order chi connectivity index (χ1) is 9.76. The number of nitrogens with zero attached hydrogens (tertiary/aromatic N) is 1. The minimum Gasteiger partial charge on any atom is -0.444 e. The van der Waals surface area contributed by atoms with E-state index in [0.717, 1.165) is 0 Å². The predicted molar refractivity (Wildman–Crippen MR) is 84.9 cm³/mol. The molecule has 0 heterocycles. The van der Waals surface area contributed by atoms with Gasteiger partial charge in [-0.1, -0.05) is 24.8 Å². The number of rotatable bonds is 3. The van der Waals surface area contributed by atoms with Crippen LogP contribution in [0.1, 0.15) is 39.7 Å². The Hall–Kier alpha value is -2.00. The fourth-order valence-corrected chi connectivity index (χ4v) is 2.29. The molecule has 0 unspecified atom stereocenters. The summed E-state index contributed by atoms with van der Waals surface area (Å²) in [6, 6.07) is 7.11. The van der Waals surface area contributed by atoms with Crippen LogP contribution in [0.2, 0.25) is 0 Å². The molecule has 5 nitrogen and oxygen atoms in total. The Morgan fingerprint density at radius 3 is 2.67 bits per heavy atom. The van der Waals surface area contributed by atoms with Crippen molar-refractivity contribution in [1.29, 1.82) is 10.7 Å². The van der Waals surface area contributed by atoms with Crippen LogP contribution in [0.3, 0.4) is 0 Å². The fourth-order valence-electron chi connectivity index (χ4n) is 1.44. The molecule has 1 aromatic carbocycles. The minimum absolute atomic E-state index is 0.421. The normalized spacial score (nSPS) is 10.6. The molecule has 112 valence electrons. The molecule has 1 rings (SSSR count). The van der Waals surface area contributed by atoms with E-state index in [9.17, 15) is 10.1 Å². The van der Waals surface area contributed by atoms with Gasteiger partial charge in [0, 0.05) is 0 Å². The summed E-state index contributed by atoms with van der Waals surface area (Å²) in [6.45, 7) is 7.20. The second kappa shape index (κ2) is 7.14. The number of ether oxygens (including phenoxy) is 1. The van der Waals surface area contributed by atoms with E-state index in [4.69, 9.17) is 10.1 Å². The second-order valence-corrected chi connectivity index (χ2v) is 6.40. The lowest BCUT2D eigenvalue weighted by atomic mass is 10.2. The predicted octanol–water partition coefficient (Wildman–Crippen LogP) is 4.38. The summed E-state index contributed by atoms with van der Waals surface area (Å²) in [5.74, 6) is 0. The molecular formula is C15H19N3O2S. The number of hydrogen-bond donors (Lipinski definition) is 2. The summed E-state index contributed by atoms with van der Waals surface area (Å²) in [4.78, 5) is 12.4. The van der Waals surface area contributed by atoms with E-state index in [1.165, 1.54) is 11.8 Å². The first-order valence-corrected chi connectivity index (χ1v) is 7.37. The van der Waals surface area contributed by atoms with Gasteiger partial charge >= 0.3 is 6.09 Å². The van der Waals surface area contributed by atoms with Gasteiger partial charge in [0.1, 0.15) is 11.7 Å². The third-order valence-corrected chi connectivity index (χ3v) is 3.50. The quantitative estimate of drug-likeness (QED) is 0.493. The van der Waals surface area contributed by atoms with Crippen molar-refractivity contribution < 1.29 is 9.53 Å². The van der Waals surface area contributed by atoms with Crippen molar-refractivity contribution in [2.75, 3.05) is 5.32 Å². The van der Waals surface area contributed by atoms with E-state index in [-0.39, 0.29) is 0 Å². The maximum Gasteiger partial charge on any atom is 0.412 e. The largest absolute Gasteiger partial charge is 0.444 e. The van der Waals surface area contributed by atoms with Crippen LogP contribution in [0.15, 0.2) is 23.1 Å². The Morgan fingerprint density at radius 2 is 2.14 bits per heavy atom. The van der Waals surface area contributed by atoms with Crippen molar-refractivity contribution in [2.45, 2.75) is 44.6 Å². The number of carbonyl (C=O) groups is 1. The van der Waals surface area contributed by atoms with Crippen LogP contribution in [0.5, 0.6) is 0 Å². The lowest BCUT2D eigenvalue weighted by Crippen LogP contribution is -2.27. The Bertz CT molecular complexity index is 586. The number of hydrogen-bond acceptors (Lipinski definition) is 5. The van der Waals surface area contributed by atoms with Gasteiger partial charge in [-0.15, -0.1) is 0 Å². The van der Waals surface area contributed by atoms with E-state index < -0.39 is 11.7 Å². The molecule has 0 saturated heterocycles. The molecule has 2 N–H and O–H groups in total. The first-order valence-electron chi connectivity index (χ1n) is 6.55. The molecule has 0 fully saturated rings. The smallest absolute Gasteiger partial charge is 0.412 e. The van der Waals surface area contributed by atoms with Crippen LogP contribution < -0.4 is 5.32 Å². The number of amides is 1. The summed E-state index contributed by atoms with van der Waals surface area (Å²) < 4.78 is 5.21. The van der Waals surface area contributed by atoms with Crippen LogP contribution in [0.25, 0.3) is 0 Å². The monoisotopic (exact) mass is 305 g/mol. The third-order valence-electron chi connectivity index (χ3n) is 2.32. The molecule has 0 saturated carbocycles. The molecule has 0 aliphatic rings. The van der Waals surface area contributed by atoms with Crippen LogP contribution in [0, 0.1) is 16.7 Å². The highest BCUT2D eigenvalue weighted by Gasteiger charge is 2.18. The van der Waals surface area contributed by atoms with Gasteiger partial charge in [0.25, 0.3) is 0 Å². The zero-order valence-corrected chi connectivity index (χ0v) is 13.4. The average Bonchev–Trinajstić information content (AvgIpc) is 2.38. The van der Waals surface area contributed by atoms with Crippen molar-refractivity contribution >= 4 is 28.6 Å². The zero-order valence-electron chi connectivity index (χ0n) is 12.6. The summed E-state index contributed by atoms with van der Waals surface area (Å²) in [5.41, 5.74) is 0.304. The highest BCUT2D eigenvalue weighted by atomic mass is 32.2. The molecule has 0 aromatic heterocycles. The number of nitrogens with one attached hydrogen (secondary N) is 2. The summed E-state index contributed by atoms with van der Waals surface area (Å²) in [7, 11) is 0. The van der Waals surface area contributed by atoms with E-state index in [2.05, 4.69) is 11.4 Å². The number of anilines is 1. The van der Waals surface area contributed by atoms with E-state index in [1.54, 1.807) is 39.0 Å². The highest BCUT2D eigenvalue weighted by Crippen LogP contribution is 2.32. The lowest BCUT2D eigenvalue weighted by Gasteiger charge is -2.20. The van der Waals surface area contributed by atoms with Crippen molar-refractivity contribution in [3.05, 3.63) is 23.8 Å². The molecule has 0 radical (unpaired) electrons. The number of thioether (sulfide) groups is 1. The summed E-state index contributed by atoms with van der Waals surface area (Å²) in [5, 5.41) is 20.0. The Morgan fingerprint density at radius 1 is 1.48 bits per heavy atom. The first kappa shape index (κ1) is 17.1.